The van der Waals surface area contributed by atoms with E-state index in [1.165, 1.54) is 33.2 Å². The van der Waals surface area contributed by atoms with Crippen LogP contribution in [0.5, 0.6) is 5.75 Å². The molecule has 0 radical (unpaired) electrons. The second-order valence-corrected chi connectivity index (χ2v) is 9.88. The fourth-order valence-corrected chi connectivity index (χ4v) is 4.74. The number of esters is 1. The topological polar surface area (TPSA) is 224 Å². The number of nitrogen functional groups attached to an aromatic ring is 1. The fourth-order valence-electron chi connectivity index (χ4n) is 3.96. The Labute approximate surface area is 229 Å². The molecule has 212 valence electrons. The van der Waals surface area contributed by atoms with Crippen LogP contribution in [0.25, 0.3) is 21.2 Å². The molecule has 2 heterocycles. The second kappa shape index (κ2) is 13.3. The van der Waals surface area contributed by atoms with Gasteiger partial charge in [0.05, 0.1) is 13.2 Å². The number of nitrogens with zero attached hydrogens (tertiary/aromatic N) is 5. The van der Waals surface area contributed by atoms with Crippen LogP contribution in [0.4, 0.5) is 5.82 Å². The van der Waals surface area contributed by atoms with Gasteiger partial charge in [0.1, 0.15) is 35.9 Å². The van der Waals surface area contributed by atoms with Crippen molar-refractivity contribution >= 4 is 30.7 Å². The Morgan fingerprint density at radius 2 is 2.05 bits per heavy atom. The van der Waals surface area contributed by atoms with Gasteiger partial charge in [-0.15, -0.1) is 4.52 Å². The molecule has 0 saturated carbocycles. The Morgan fingerprint density at radius 3 is 2.70 bits per heavy atom. The number of aromatic hydroxyl groups is 1. The Kier molecular flexibility index (Phi) is 10.1. The third kappa shape index (κ3) is 6.90. The summed E-state index contributed by atoms with van der Waals surface area (Å²) in [7, 11) is -1.32. The van der Waals surface area contributed by atoms with Gasteiger partial charge in [0, 0.05) is 16.5 Å². The first-order chi connectivity index (χ1) is 19.0. The lowest BCUT2D eigenvalue weighted by Gasteiger charge is -2.27. The average Bonchev–Trinajstić information content (AvgIpc) is 3.17. The molecular weight excluding hydrogens is 545 g/mol. The number of rotatable bonds is 8. The predicted molar refractivity (Wildman–Crippen MR) is 144 cm³/mol. The molecule has 1 saturated heterocycles. The number of phenolic OH excluding ortho intramolecular Hbond substituents is 1. The van der Waals surface area contributed by atoms with Crippen LogP contribution in [0.2, 0.25) is 0 Å². The number of benzene rings is 2. The number of hydrogen-bond acceptors (Lipinski definition) is 11. The van der Waals surface area contributed by atoms with Crippen LogP contribution in [-0.2, 0) is 23.4 Å². The summed E-state index contributed by atoms with van der Waals surface area (Å²) in [5, 5.41) is 28.0. The summed E-state index contributed by atoms with van der Waals surface area (Å²) in [6.45, 7) is 2.43. The van der Waals surface area contributed by atoms with E-state index in [1.54, 1.807) is 6.07 Å². The lowest BCUT2D eigenvalue weighted by molar-refractivity contribution is -0.142. The number of ether oxygens (including phenoxy) is 2. The molecule has 1 aliphatic rings. The van der Waals surface area contributed by atoms with Crippen molar-refractivity contribution in [1.29, 1.82) is 0 Å². The molecule has 0 aliphatic carbocycles. The first-order valence-electron chi connectivity index (χ1n) is 11.9. The molecule has 1 fully saturated rings. The van der Waals surface area contributed by atoms with Gasteiger partial charge in [0.15, 0.2) is 6.23 Å². The van der Waals surface area contributed by atoms with Gasteiger partial charge in [-0.25, -0.2) is 4.79 Å². The van der Waals surface area contributed by atoms with E-state index in [9.17, 15) is 24.4 Å². The number of carbonyl (C=O) groups excluding carboxylic acids is 1. The van der Waals surface area contributed by atoms with E-state index in [4.69, 9.17) is 20.5 Å². The average molecular weight is 575 g/mol. The second-order valence-electron chi connectivity index (χ2n) is 8.85. The van der Waals surface area contributed by atoms with Gasteiger partial charge < -0.3 is 25.4 Å². The third-order valence-electron chi connectivity index (χ3n) is 6.10. The number of azide groups is 1. The number of phenols is 1. The fraction of sp³-hybridized carbons (Fsp3) is 0.375. The number of aliphatic hydroxyl groups excluding tert-OH is 1. The van der Waals surface area contributed by atoms with Gasteiger partial charge in [0.25, 0.3) is 0 Å². The summed E-state index contributed by atoms with van der Waals surface area (Å²) in [5.74, 6) is -0.304. The van der Waals surface area contributed by atoms with E-state index in [0.717, 1.165) is 15.3 Å². The highest BCUT2D eigenvalue weighted by Gasteiger charge is 2.55. The number of carbonyl (C=O) groups is 1. The van der Waals surface area contributed by atoms with E-state index >= 15 is 0 Å². The SMILES string of the molecule is COC(=O)[C@H](C)N[P+](=O)OC[C@H]1O[C@@H](n2ccc(N)nc2=O)[C@](C)(N=[N+]=[N-])[C@@H]1O.Oc1cccc2ccccc12. The zero-order chi connectivity index (χ0) is 29.4. The van der Waals surface area contributed by atoms with Gasteiger partial charge in [0.2, 0.25) is 0 Å². The Balaban J connectivity index is 0.000000330. The lowest BCUT2D eigenvalue weighted by Crippen LogP contribution is -2.44. The van der Waals surface area contributed by atoms with Crippen LogP contribution >= 0.6 is 8.18 Å². The molecule has 16 heteroatoms. The Morgan fingerprint density at radius 1 is 1.35 bits per heavy atom. The Bertz CT molecular complexity index is 1480. The number of nitrogens with two attached hydrogens (primary N) is 1. The largest absolute Gasteiger partial charge is 0.613 e. The smallest absolute Gasteiger partial charge is 0.507 e. The molecule has 2 aromatic carbocycles. The molecular formula is C24H29N7O8P+. The minimum absolute atomic E-state index is 0.0158. The molecule has 6 atom stereocenters. The van der Waals surface area contributed by atoms with Gasteiger partial charge in [-0.2, -0.15) is 4.98 Å². The van der Waals surface area contributed by atoms with E-state index in [2.05, 4.69) is 24.8 Å². The molecule has 3 aromatic rings. The summed E-state index contributed by atoms with van der Waals surface area (Å²) in [6.07, 6.45) is -2.44. The van der Waals surface area contributed by atoms with Crippen LogP contribution in [0.15, 0.2) is 64.6 Å². The minimum atomic E-state index is -2.50. The molecule has 5 N–H and O–H groups in total. The summed E-state index contributed by atoms with van der Waals surface area (Å²) in [5.41, 5.74) is 12.0. The van der Waals surface area contributed by atoms with Crippen molar-refractivity contribution in [3.05, 3.63) is 75.7 Å². The molecule has 0 bridgehead atoms. The van der Waals surface area contributed by atoms with Crippen LogP contribution in [0.3, 0.4) is 0 Å². The number of anilines is 1. The summed E-state index contributed by atoms with van der Waals surface area (Å²) < 4.78 is 28.3. The maximum atomic E-state index is 12.2. The first-order valence-corrected chi connectivity index (χ1v) is 13.0. The van der Waals surface area contributed by atoms with Crippen LogP contribution in [-0.4, -0.2) is 63.2 Å². The van der Waals surface area contributed by atoms with Crippen molar-refractivity contribution in [3.8, 4) is 5.75 Å². The van der Waals surface area contributed by atoms with E-state index in [1.807, 2.05) is 36.4 Å². The molecule has 4 rings (SSSR count). The van der Waals surface area contributed by atoms with E-state index < -0.39 is 49.9 Å². The summed E-state index contributed by atoms with van der Waals surface area (Å²) >= 11 is 0. The third-order valence-corrected chi connectivity index (χ3v) is 7.08. The molecule has 40 heavy (non-hydrogen) atoms. The molecule has 0 amide bonds. The highest BCUT2D eigenvalue weighted by molar-refractivity contribution is 7.36. The molecule has 1 aliphatic heterocycles. The van der Waals surface area contributed by atoms with Crippen molar-refractivity contribution in [3.63, 3.8) is 0 Å². The summed E-state index contributed by atoms with van der Waals surface area (Å²) in [4.78, 5) is 29.8. The monoisotopic (exact) mass is 574 g/mol. The highest BCUT2D eigenvalue weighted by Crippen LogP contribution is 2.41. The zero-order valence-corrected chi connectivity index (χ0v) is 22.7. The van der Waals surface area contributed by atoms with Crippen LogP contribution < -0.4 is 16.5 Å². The van der Waals surface area contributed by atoms with Crippen molar-refractivity contribution in [2.45, 2.75) is 43.9 Å². The number of hydrogen-bond donors (Lipinski definition) is 4. The standard InChI is InChI=1S/C14H20N7O7P.C10H8O/c1-7(11(23)26-3)18-29(25)27-6-8-10(22)14(2,19-20-16)12(28-8)21-5-4-9(15)17-13(21)24;11-10-7-3-5-8-4-1-2-6-9(8)10/h4-5,7-8,10,12,22H,6H2,1-3H3,(H2-,15,17,18,24,25);1-7,11H/p+1/t7-,8+,10+,12+,14+;/m0./s1. The molecule has 1 unspecified atom stereocenters. The van der Waals surface area contributed by atoms with Crippen LogP contribution in [0, 0.1) is 0 Å². The van der Waals surface area contributed by atoms with Gasteiger partial charge in [-0.05, 0) is 41.5 Å². The van der Waals surface area contributed by atoms with Crippen molar-refractivity contribution < 1.29 is 33.6 Å². The lowest BCUT2D eigenvalue weighted by atomic mass is 9.93. The van der Waals surface area contributed by atoms with Crippen molar-refractivity contribution in [1.82, 2.24) is 14.6 Å². The van der Waals surface area contributed by atoms with Crippen molar-refractivity contribution in [2.75, 3.05) is 19.5 Å². The normalized spacial score (nSPS) is 22.9. The maximum Gasteiger partial charge on any atom is 0.613 e. The van der Waals surface area contributed by atoms with Gasteiger partial charge in [-0.3, -0.25) is 9.36 Å². The molecule has 15 nitrogen and oxygen atoms in total. The quantitative estimate of drug-likeness (QED) is 0.100. The minimum Gasteiger partial charge on any atom is -0.507 e. The molecule has 0 spiro atoms. The molecule has 1 aromatic heterocycles. The number of aromatic nitrogens is 2. The highest BCUT2D eigenvalue weighted by atomic mass is 31.1. The first kappa shape index (κ1) is 30.4. The summed E-state index contributed by atoms with van der Waals surface area (Å²) in [6, 6.07) is 13.7. The van der Waals surface area contributed by atoms with E-state index in [0.29, 0.717) is 5.75 Å². The predicted octanol–water partition coefficient (Wildman–Crippen LogP) is 2.52. The van der Waals surface area contributed by atoms with Gasteiger partial charge >= 0.3 is 19.8 Å². The number of methoxy groups -OCH3 is 1. The number of nitrogens with one attached hydrogen (secondary N) is 1. The maximum absolute atomic E-state index is 12.2. The Hall–Kier alpha value is -4.10. The van der Waals surface area contributed by atoms with Crippen molar-refractivity contribution in [2.24, 2.45) is 5.11 Å². The van der Waals surface area contributed by atoms with Gasteiger partial charge in [-0.1, -0.05) is 46.6 Å². The van der Waals surface area contributed by atoms with E-state index in [-0.39, 0.29) is 12.4 Å². The number of aliphatic hydroxyl groups is 1. The van der Waals surface area contributed by atoms with Crippen LogP contribution in [0.1, 0.15) is 20.1 Å². The zero-order valence-electron chi connectivity index (χ0n) is 21.8. The number of fused-ring (bicyclic) bond motifs is 1.